The zero-order chi connectivity index (χ0) is 24.1. The molecular formula is C22H20ClF2N3O5. The second-order valence-corrected chi connectivity index (χ2v) is 7.83. The molecule has 0 saturated carbocycles. The zero-order valence-electron chi connectivity index (χ0n) is 17.7. The third-order valence-electron chi connectivity index (χ3n) is 4.37. The summed E-state index contributed by atoms with van der Waals surface area (Å²) in [6.45, 7) is 0.428. The summed E-state index contributed by atoms with van der Waals surface area (Å²) in [4.78, 5) is 37.5. The van der Waals surface area contributed by atoms with E-state index in [1.165, 1.54) is 22.9 Å². The number of aromatic nitrogens is 2. The van der Waals surface area contributed by atoms with Gasteiger partial charge in [-0.2, -0.15) is 13.9 Å². The van der Waals surface area contributed by atoms with Gasteiger partial charge in [0.05, 0.1) is 10.4 Å². The van der Waals surface area contributed by atoms with Crippen LogP contribution in [-0.4, -0.2) is 34.9 Å². The summed E-state index contributed by atoms with van der Waals surface area (Å²) < 4.78 is 35.1. The number of nitrogens with one attached hydrogen (secondary N) is 1. The molecule has 0 radical (unpaired) electrons. The lowest BCUT2D eigenvalue weighted by molar-refractivity contribution is -0.119. The standard InChI is InChI=1S/C22H20ClF2N3O5/c1-12(2)10-28-20(30)15-6-4-3-5-14(15)19(27-28)21(31)32-11-18(29)26-13-7-8-17(16(23)9-13)33-22(24)25/h3-9,12,22H,10-11H2,1-2H3,(H,26,29). The molecule has 1 aromatic heterocycles. The molecule has 33 heavy (non-hydrogen) atoms. The van der Waals surface area contributed by atoms with E-state index in [2.05, 4.69) is 15.2 Å². The van der Waals surface area contributed by atoms with Gasteiger partial charge in [0.1, 0.15) is 5.75 Å². The lowest BCUT2D eigenvalue weighted by Crippen LogP contribution is -2.29. The van der Waals surface area contributed by atoms with Crippen LogP contribution in [0.3, 0.4) is 0 Å². The number of amides is 1. The fraction of sp³-hybridized carbons (Fsp3) is 0.273. The minimum atomic E-state index is -3.04. The van der Waals surface area contributed by atoms with E-state index in [9.17, 15) is 23.2 Å². The summed E-state index contributed by atoms with van der Waals surface area (Å²) in [5, 5.41) is 7.08. The van der Waals surface area contributed by atoms with Gasteiger partial charge in [0.2, 0.25) is 0 Å². The Balaban J connectivity index is 1.73. The maximum atomic E-state index is 12.7. The van der Waals surface area contributed by atoms with E-state index in [-0.39, 0.29) is 33.6 Å². The van der Waals surface area contributed by atoms with Gasteiger partial charge in [0.15, 0.2) is 12.3 Å². The molecule has 0 bridgehead atoms. The number of benzene rings is 2. The highest BCUT2D eigenvalue weighted by molar-refractivity contribution is 6.32. The molecule has 11 heteroatoms. The molecule has 3 rings (SSSR count). The Hall–Kier alpha value is -3.53. The van der Waals surface area contributed by atoms with Crippen molar-refractivity contribution in [1.29, 1.82) is 0 Å². The number of nitrogens with zero attached hydrogens (tertiary/aromatic N) is 2. The average molecular weight is 480 g/mol. The number of carbonyl (C=O) groups excluding carboxylic acids is 2. The van der Waals surface area contributed by atoms with Gasteiger partial charge in [-0.3, -0.25) is 9.59 Å². The van der Waals surface area contributed by atoms with Gasteiger partial charge in [0.25, 0.3) is 11.5 Å². The lowest BCUT2D eigenvalue weighted by atomic mass is 10.1. The highest BCUT2D eigenvalue weighted by Gasteiger charge is 2.19. The molecule has 0 saturated heterocycles. The molecule has 0 aliphatic carbocycles. The van der Waals surface area contributed by atoms with Crippen molar-refractivity contribution < 1.29 is 27.8 Å². The van der Waals surface area contributed by atoms with Crippen molar-refractivity contribution in [3.63, 3.8) is 0 Å². The topological polar surface area (TPSA) is 99.5 Å². The van der Waals surface area contributed by atoms with Crippen molar-refractivity contribution in [3.8, 4) is 5.75 Å². The van der Waals surface area contributed by atoms with Crippen molar-refractivity contribution in [1.82, 2.24) is 9.78 Å². The maximum Gasteiger partial charge on any atom is 0.387 e. The molecule has 174 valence electrons. The predicted molar refractivity (Wildman–Crippen MR) is 118 cm³/mol. The van der Waals surface area contributed by atoms with Gasteiger partial charge in [0, 0.05) is 17.6 Å². The van der Waals surface area contributed by atoms with E-state index in [4.69, 9.17) is 16.3 Å². The summed E-state index contributed by atoms with van der Waals surface area (Å²) in [5.74, 6) is -1.71. The van der Waals surface area contributed by atoms with Crippen LogP contribution >= 0.6 is 11.6 Å². The number of halogens is 3. The van der Waals surface area contributed by atoms with Crippen molar-refractivity contribution in [2.24, 2.45) is 5.92 Å². The molecule has 3 aromatic rings. The van der Waals surface area contributed by atoms with Crippen molar-refractivity contribution in [2.45, 2.75) is 27.0 Å². The molecular weight excluding hydrogens is 460 g/mol. The maximum absolute atomic E-state index is 12.7. The van der Waals surface area contributed by atoms with Crippen LogP contribution in [0.25, 0.3) is 10.8 Å². The first-order chi connectivity index (χ1) is 15.7. The number of hydrogen-bond acceptors (Lipinski definition) is 6. The van der Waals surface area contributed by atoms with E-state index >= 15 is 0 Å². The molecule has 1 heterocycles. The minimum absolute atomic E-state index is 0.0878. The van der Waals surface area contributed by atoms with Crippen LogP contribution in [0.5, 0.6) is 5.75 Å². The van der Waals surface area contributed by atoms with Gasteiger partial charge >= 0.3 is 12.6 Å². The second kappa shape index (κ2) is 10.4. The van der Waals surface area contributed by atoms with E-state index in [0.29, 0.717) is 17.3 Å². The van der Waals surface area contributed by atoms with Gasteiger partial charge in [-0.1, -0.05) is 43.6 Å². The largest absolute Gasteiger partial charge is 0.451 e. The molecule has 8 nitrogen and oxygen atoms in total. The first kappa shape index (κ1) is 24.1. The summed E-state index contributed by atoms with van der Waals surface area (Å²) >= 11 is 5.85. The Labute approximate surface area is 192 Å². The Morgan fingerprint density at radius 1 is 1.15 bits per heavy atom. The van der Waals surface area contributed by atoms with Crippen LogP contribution in [0.4, 0.5) is 14.5 Å². The van der Waals surface area contributed by atoms with E-state index < -0.39 is 25.1 Å². The fourth-order valence-corrected chi connectivity index (χ4v) is 3.25. The molecule has 1 N–H and O–H groups in total. The molecule has 0 unspecified atom stereocenters. The Bertz CT molecular complexity index is 1250. The number of hydrogen-bond donors (Lipinski definition) is 1. The van der Waals surface area contributed by atoms with Crippen molar-refractivity contribution >= 4 is 39.9 Å². The normalized spacial score (nSPS) is 11.1. The van der Waals surface area contributed by atoms with Gasteiger partial charge in [-0.25, -0.2) is 9.48 Å². The number of anilines is 1. The third-order valence-corrected chi connectivity index (χ3v) is 4.66. The summed E-state index contributed by atoms with van der Waals surface area (Å²) in [7, 11) is 0. The average Bonchev–Trinajstić information content (AvgIpc) is 2.75. The van der Waals surface area contributed by atoms with Gasteiger partial charge in [-0.05, 0) is 30.2 Å². The van der Waals surface area contributed by atoms with Crippen LogP contribution < -0.4 is 15.6 Å². The molecule has 2 aromatic carbocycles. The first-order valence-corrected chi connectivity index (χ1v) is 10.2. The lowest BCUT2D eigenvalue weighted by Gasteiger charge is -2.12. The van der Waals surface area contributed by atoms with Crippen LogP contribution in [-0.2, 0) is 16.1 Å². The predicted octanol–water partition coefficient (Wildman–Crippen LogP) is 4.10. The van der Waals surface area contributed by atoms with E-state index in [1.54, 1.807) is 24.3 Å². The molecule has 0 atom stereocenters. The number of rotatable bonds is 8. The fourth-order valence-electron chi connectivity index (χ4n) is 3.02. The molecule has 0 spiro atoms. The quantitative estimate of drug-likeness (QED) is 0.488. The van der Waals surface area contributed by atoms with Crippen LogP contribution in [0, 0.1) is 5.92 Å². The van der Waals surface area contributed by atoms with Crippen LogP contribution in [0.1, 0.15) is 24.3 Å². The van der Waals surface area contributed by atoms with Crippen molar-refractivity contribution in [3.05, 3.63) is 63.5 Å². The SMILES string of the molecule is CC(C)Cn1nc(C(=O)OCC(=O)Nc2ccc(OC(F)F)c(Cl)c2)c2ccccc2c1=O. The third kappa shape index (κ3) is 6.04. The number of fused-ring (bicyclic) bond motifs is 1. The summed E-state index contributed by atoms with van der Waals surface area (Å²) in [5.41, 5.74) is -0.225. The Morgan fingerprint density at radius 2 is 1.85 bits per heavy atom. The van der Waals surface area contributed by atoms with E-state index in [0.717, 1.165) is 0 Å². The zero-order valence-corrected chi connectivity index (χ0v) is 18.4. The van der Waals surface area contributed by atoms with Crippen LogP contribution in [0.15, 0.2) is 47.3 Å². The Morgan fingerprint density at radius 3 is 2.48 bits per heavy atom. The smallest absolute Gasteiger partial charge is 0.387 e. The molecule has 0 aliphatic rings. The van der Waals surface area contributed by atoms with Gasteiger partial charge < -0.3 is 14.8 Å². The molecule has 0 aliphatic heterocycles. The highest BCUT2D eigenvalue weighted by Crippen LogP contribution is 2.29. The highest BCUT2D eigenvalue weighted by atomic mass is 35.5. The number of alkyl halides is 2. The monoisotopic (exact) mass is 479 g/mol. The second-order valence-electron chi connectivity index (χ2n) is 7.42. The summed E-state index contributed by atoms with van der Waals surface area (Å²) in [6, 6.07) is 10.2. The molecule has 1 amide bonds. The number of ether oxygens (including phenoxy) is 2. The number of carbonyl (C=O) groups is 2. The van der Waals surface area contributed by atoms with E-state index in [1.807, 2.05) is 13.8 Å². The number of esters is 1. The first-order valence-electron chi connectivity index (χ1n) is 9.87. The van der Waals surface area contributed by atoms with Gasteiger partial charge in [-0.15, -0.1) is 0 Å². The minimum Gasteiger partial charge on any atom is -0.451 e. The Kier molecular flexibility index (Phi) is 7.59. The summed E-state index contributed by atoms with van der Waals surface area (Å²) in [6.07, 6.45) is 0. The molecule has 0 fully saturated rings. The van der Waals surface area contributed by atoms with Crippen molar-refractivity contribution in [2.75, 3.05) is 11.9 Å². The van der Waals surface area contributed by atoms with Crippen LogP contribution in [0.2, 0.25) is 5.02 Å².